The lowest BCUT2D eigenvalue weighted by molar-refractivity contribution is 0.191. The fourth-order valence-corrected chi connectivity index (χ4v) is 2.79. The maximum Gasteiger partial charge on any atom is 0.0587 e. The van der Waals surface area contributed by atoms with Crippen molar-refractivity contribution in [3.63, 3.8) is 0 Å². The van der Waals surface area contributed by atoms with Crippen molar-refractivity contribution in [2.75, 3.05) is 26.8 Å². The van der Waals surface area contributed by atoms with Crippen molar-refractivity contribution in [2.45, 2.75) is 47.5 Å². The molecule has 0 aromatic heterocycles. The number of nitrogens with one attached hydrogen (secondary N) is 1. The molecular formula is C18H31NO. The van der Waals surface area contributed by atoms with Gasteiger partial charge in [0.15, 0.2) is 0 Å². The van der Waals surface area contributed by atoms with Gasteiger partial charge in [-0.1, -0.05) is 31.5 Å². The quantitative estimate of drug-likeness (QED) is 0.730. The van der Waals surface area contributed by atoms with Gasteiger partial charge in [0.2, 0.25) is 0 Å². The van der Waals surface area contributed by atoms with Gasteiger partial charge in [-0.2, -0.15) is 0 Å². The van der Waals surface area contributed by atoms with Gasteiger partial charge >= 0.3 is 0 Å². The first-order valence-corrected chi connectivity index (χ1v) is 7.68. The van der Waals surface area contributed by atoms with Crippen molar-refractivity contribution in [2.24, 2.45) is 5.41 Å². The predicted molar refractivity (Wildman–Crippen MR) is 87.5 cm³/mol. The van der Waals surface area contributed by atoms with Crippen LogP contribution in [-0.4, -0.2) is 26.8 Å². The molecule has 0 aliphatic carbocycles. The summed E-state index contributed by atoms with van der Waals surface area (Å²) in [7, 11) is 1.75. The molecule has 1 aromatic rings. The molecule has 2 nitrogen and oxygen atoms in total. The Morgan fingerprint density at radius 2 is 1.75 bits per heavy atom. The van der Waals surface area contributed by atoms with E-state index in [-0.39, 0.29) is 0 Å². The van der Waals surface area contributed by atoms with Crippen molar-refractivity contribution < 1.29 is 4.74 Å². The number of benzene rings is 1. The molecule has 1 unspecified atom stereocenters. The highest BCUT2D eigenvalue weighted by molar-refractivity contribution is 5.38. The summed E-state index contributed by atoms with van der Waals surface area (Å²) in [4.78, 5) is 0. The largest absolute Gasteiger partial charge is 0.383 e. The number of methoxy groups -OCH3 is 1. The number of aryl methyl sites for hydroxylation is 3. The molecule has 0 saturated carbocycles. The summed E-state index contributed by atoms with van der Waals surface area (Å²) in [5.41, 5.74) is 6.05. The summed E-state index contributed by atoms with van der Waals surface area (Å²) in [6, 6.07) is 4.60. The molecule has 0 aliphatic heterocycles. The number of hydrogen-bond acceptors (Lipinski definition) is 2. The smallest absolute Gasteiger partial charge is 0.0587 e. The van der Waals surface area contributed by atoms with Gasteiger partial charge in [-0.05, 0) is 55.7 Å². The standard InChI is InChI=1S/C18H31NO/c1-7-18(5,13-19-8-9-20-6)12-17-15(3)10-14(2)11-16(17)4/h10-11,19H,7-9,12-13H2,1-6H3. The van der Waals surface area contributed by atoms with Crippen LogP contribution in [0.4, 0.5) is 0 Å². The van der Waals surface area contributed by atoms with Crippen LogP contribution in [0.3, 0.4) is 0 Å². The van der Waals surface area contributed by atoms with Crippen molar-refractivity contribution >= 4 is 0 Å². The third kappa shape index (κ3) is 4.92. The molecule has 1 rings (SSSR count). The zero-order valence-electron chi connectivity index (χ0n) is 14.1. The van der Waals surface area contributed by atoms with Gasteiger partial charge in [-0.15, -0.1) is 0 Å². The highest BCUT2D eigenvalue weighted by Crippen LogP contribution is 2.29. The first-order valence-electron chi connectivity index (χ1n) is 7.68. The first kappa shape index (κ1) is 17.2. The van der Waals surface area contributed by atoms with Crippen molar-refractivity contribution in [1.29, 1.82) is 0 Å². The number of rotatable bonds is 8. The van der Waals surface area contributed by atoms with Crippen LogP contribution in [0.5, 0.6) is 0 Å². The van der Waals surface area contributed by atoms with Crippen LogP contribution in [0.15, 0.2) is 12.1 Å². The Morgan fingerprint density at radius 1 is 1.15 bits per heavy atom. The normalized spacial score (nSPS) is 14.3. The van der Waals surface area contributed by atoms with Crippen LogP contribution in [0.1, 0.15) is 42.5 Å². The summed E-state index contributed by atoms with van der Waals surface area (Å²) >= 11 is 0. The van der Waals surface area contributed by atoms with Crippen molar-refractivity contribution in [3.8, 4) is 0 Å². The van der Waals surface area contributed by atoms with E-state index in [1.807, 2.05) is 0 Å². The van der Waals surface area contributed by atoms with Gasteiger partial charge in [0.1, 0.15) is 0 Å². The topological polar surface area (TPSA) is 21.3 Å². The van der Waals surface area contributed by atoms with E-state index >= 15 is 0 Å². The maximum absolute atomic E-state index is 5.10. The van der Waals surface area contributed by atoms with Gasteiger partial charge in [0.25, 0.3) is 0 Å². The molecule has 0 radical (unpaired) electrons. The average Bonchev–Trinajstić information content (AvgIpc) is 2.39. The third-order valence-electron chi connectivity index (χ3n) is 4.33. The minimum Gasteiger partial charge on any atom is -0.383 e. The summed E-state index contributed by atoms with van der Waals surface area (Å²) in [6.07, 6.45) is 2.32. The van der Waals surface area contributed by atoms with E-state index in [9.17, 15) is 0 Å². The lowest BCUT2D eigenvalue weighted by Gasteiger charge is -2.30. The van der Waals surface area contributed by atoms with Crippen LogP contribution in [0, 0.1) is 26.2 Å². The fourth-order valence-electron chi connectivity index (χ4n) is 2.79. The van der Waals surface area contributed by atoms with Crippen LogP contribution in [0.2, 0.25) is 0 Å². The second-order valence-electron chi connectivity index (χ2n) is 6.39. The molecule has 0 bridgehead atoms. The molecule has 0 heterocycles. The minimum atomic E-state index is 0.304. The van der Waals surface area contributed by atoms with Gasteiger partial charge in [0.05, 0.1) is 6.61 Å². The second-order valence-corrected chi connectivity index (χ2v) is 6.39. The second kappa shape index (κ2) is 7.80. The minimum absolute atomic E-state index is 0.304. The Hall–Kier alpha value is -0.860. The van der Waals surface area contributed by atoms with E-state index in [2.05, 4.69) is 52.1 Å². The van der Waals surface area contributed by atoms with Crippen LogP contribution >= 0.6 is 0 Å². The molecule has 0 fully saturated rings. The predicted octanol–water partition coefficient (Wildman–Crippen LogP) is 3.81. The fraction of sp³-hybridized carbons (Fsp3) is 0.667. The molecule has 114 valence electrons. The van der Waals surface area contributed by atoms with Crippen LogP contribution in [-0.2, 0) is 11.2 Å². The molecular weight excluding hydrogens is 246 g/mol. The summed E-state index contributed by atoms with van der Waals surface area (Å²) in [6.45, 7) is 14.1. The summed E-state index contributed by atoms with van der Waals surface area (Å²) < 4.78 is 5.10. The van der Waals surface area contributed by atoms with Crippen LogP contribution in [0.25, 0.3) is 0 Å². The average molecular weight is 277 g/mol. The molecule has 1 atom stereocenters. The SMILES string of the molecule is CCC(C)(CNCCOC)Cc1c(C)cc(C)cc1C. The monoisotopic (exact) mass is 277 g/mol. The van der Waals surface area contributed by atoms with E-state index in [1.54, 1.807) is 7.11 Å². The highest BCUT2D eigenvalue weighted by atomic mass is 16.5. The summed E-state index contributed by atoms with van der Waals surface area (Å²) in [5.74, 6) is 0. The van der Waals surface area contributed by atoms with Crippen molar-refractivity contribution in [1.82, 2.24) is 5.32 Å². The zero-order valence-corrected chi connectivity index (χ0v) is 14.1. The molecule has 2 heteroatoms. The molecule has 0 amide bonds. The van der Waals surface area contributed by atoms with Gasteiger partial charge in [-0.3, -0.25) is 0 Å². The first-order chi connectivity index (χ1) is 9.41. The lowest BCUT2D eigenvalue weighted by Crippen LogP contribution is -2.35. The highest BCUT2D eigenvalue weighted by Gasteiger charge is 2.23. The van der Waals surface area contributed by atoms with E-state index < -0.39 is 0 Å². The van der Waals surface area contributed by atoms with E-state index in [0.717, 1.165) is 26.1 Å². The molecule has 1 aromatic carbocycles. The lowest BCUT2D eigenvalue weighted by atomic mass is 9.78. The number of ether oxygens (including phenoxy) is 1. The van der Waals surface area contributed by atoms with Gasteiger partial charge < -0.3 is 10.1 Å². The zero-order chi connectivity index (χ0) is 15.2. The molecule has 20 heavy (non-hydrogen) atoms. The molecule has 0 spiro atoms. The van der Waals surface area contributed by atoms with Crippen molar-refractivity contribution in [3.05, 3.63) is 34.4 Å². The Bertz CT molecular complexity index is 404. The summed E-state index contributed by atoms with van der Waals surface area (Å²) in [5, 5.41) is 3.52. The van der Waals surface area contributed by atoms with E-state index in [0.29, 0.717) is 5.41 Å². The Labute approximate surface area is 124 Å². The maximum atomic E-state index is 5.10. The molecule has 1 N–H and O–H groups in total. The molecule has 0 saturated heterocycles. The van der Waals surface area contributed by atoms with E-state index in [4.69, 9.17) is 4.74 Å². The Morgan fingerprint density at radius 3 is 2.25 bits per heavy atom. The number of hydrogen-bond donors (Lipinski definition) is 1. The van der Waals surface area contributed by atoms with Gasteiger partial charge in [0, 0.05) is 20.2 Å². The van der Waals surface area contributed by atoms with Crippen LogP contribution < -0.4 is 5.32 Å². The Kier molecular flexibility index (Phi) is 6.70. The third-order valence-corrected chi connectivity index (χ3v) is 4.33. The van der Waals surface area contributed by atoms with E-state index in [1.165, 1.54) is 28.7 Å². The van der Waals surface area contributed by atoms with Gasteiger partial charge in [-0.25, -0.2) is 0 Å². The Balaban J connectivity index is 2.77. The molecule has 0 aliphatic rings.